The molecule has 2 atom stereocenters. The average Bonchev–Trinajstić information content (AvgIpc) is 3.13. The fourth-order valence-electron chi connectivity index (χ4n) is 3.50. The van der Waals surface area contributed by atoms with Gasteiger partial charge >= 0.3 is 0 Å². The van der Waals surface area contributed by atoms with Gasteiger partial charge in [-0.1, -0.05) is 48.5 Å². The molecule has 0 saturated carbocycles. The molecule has 1 N–H and O–H groups in total. The van der Waals surface area contributed by atoms with Crippen LogP contribution in [0, 0.1) is 0 Å². The highest BCUT2D eigenvalue weighted by atomic mass is 16.5. The Balaban J connectivity index is 1.58. The first kappa shape index (κ1) is 19.0. The van der Waals surface area contributed by atoms with Crippen molar-refractivity contribution in [2.24, 2.45) is 0 Å². The van der Waals surface area contributed by atoms with Crippen molar-refractivity contribution < 1.29 is 14.3 Å². The van der Waals surface area contributed by atoms with Crippen molar-refractivity contribution in [3.63, 3.8) is 0 Å². The summed E-state index contributed by atoms with van der Waals surface area (Å²) in [6.07, 6.45) is 2.39. The molecule has 0 bridgehead atoms. The number of ether oxygens (including phenoxy) is 1. The number of nitrogens with zero attached hydrogens (tertiary/aromatic N) is 1. The van der Waals surface area contributed by atoms with Crippen LogP contribution in [0.5, 0.6) is 5.75 Å². The van der Waals surface area contributed by atoms with Gasteiger partial charge in [-0.15, -0.1) is 0 Å². The number of rotatable bonds is 7. The van der Waals surface area contributed by atoms with Crippen LogP contribution in [0.4, 0.5) is 0 Å². The summed E-state index contributed by atoms with van der Waals surface area (Å²) in [5.74, 6) is 0.640. The van der Waals surface area contributed by atoms with E-state index in [4.69, 9.17) is 4.74 Å². The minimum absolute atomic E-state index is 0.0127. The molecule has 2 amide bonds. The van der Waals surface area contributed by atoms with E-state index in [-0.39, 0.29) is 17.9 Å². The van der Waals surface area contributed by atoms with Crippen LogP contribution in [0.2, 0.25) is 0 Å². The van der Waals surface area contributed by atoms with Crippen molar-refractivity contribution in [2.75, 3.05) is 13.6 Å². The molecule has 1 saturated heterocycles. The predicted octanol–water partition coefficient (Wildman–Crippen LogP) is 2.80. The number of carbonyl (C=O) groups is 2. The Bertz CT molecular complexity index is 749. The van der Waals surface area contributed by atoms with Crippen LogP contribution in [-0.4, -0.2) is 42.5 Å². The lowest BCUT2D eigenvalue weighted by molar-refractivity contribution is -0.138. The number of aryl methyl sites for hydroxylation is 1. The van der Waals surface area contributed by atoms with Gasteiger partial charge in [-0.05, 0) is 30.5 Å². The molecule has 0 unspecified atom stereocenters. The molecule has 1 aliphatic rings. The van der Waals surface area contributed by atoms with Crippen LogP contribution in [0.25, 0.3) is 0 Å². The van der Waals surface area contributed by atoms with Gasteiger partial charge in [0.15, 0.2) is 0 Å². The van der Waals surface area contributed by atoms with Crippen LogP contribution in [0.15, 0.2) is 60.7 Å². The Labute approximate surface area is 160 Å². The number of benzene rings is 2. The largest absolute Gasteiger partial charge is 0.488 e. The SMILES string of the molecule is CNC(=O)[C@@H]1C[C@H](Oc2ccccc2)CN1C(=O)CCCc1ccccc1. The molecule has 0 aromatic heterocycles. The lowest BCUT2D eigenvalue weighted by atomic mass is 10.1. The van der Waals surface area contributed by atoms with Gasteiger partial charge < -0.3 is 15.0 Å². The monoisotopic (exact) mass is 366 g/mol. The third-order valence-corrected chi connectivity index (χ3v) is 4.88. The molecule has 1 heterocycles. The second-order valence-electron chi connectivity index (χ2n) is 6.80. The highest BCUT2D eigenvalue weighted by Crippen LogP contribution is 2.24. The van der Waals surface area contributed by atoms with Crippen molar-refractivity contribution in [1.29, 1.82) is 0 Å². The van der Waals surface area contributed by atoms with Crippen molar-refractivity contribution >= 4 is 11.8 Å². The maximum absolute atomic E-state index is 12.8. The fraction of sp³-hybridized carbons (Fsp3) is 0.364. The van der Waals surface area contributed by atoms with Gasteiger partial charge in [0.2, 0.25) is 11.8 Å². The summed E-state index contributed by atoms with van der Waals surface area (Å²) < 4.78 is 5.98. The maximum Gasteiger partial charge on any atom is 0.242 e. The summed E-state index contributed by atoms with van der Waals surface area (Å²) in [7, 11) is 1.60. The third-order valence-electron chi connectivity index (χ3n) is 4.88. The molecule has 5 heteroatoms. The Morgan fingerprint density at radius 1 is 1.07 bits per heavy atom. The van der Waals surface area contributed by atoms with Gasteiger partial charge in [0.25, 0.3) is 0 Å². The number of likely N-dealkylation sites (N-methyl/N-ethyl adjacent to an activating group) is 1. The first-order chi connectivity index (χ1) is 13.2. The number of nitrogens with one attached hydrogen (secondary N) is 1. The Hall–Kier alpha value is -2.82. The van der Waals surface area contributed by atoms with Gasteiger partial charge in [-0.25, -0.2) is 0 Å². The zero-order chi connectivity index (χ0) is 19.1. The summed E-state index contributed by atoms with van der Waals surface area (Å²) in [6, 6.07) is 19.2. The summed E-state index contributed by atoms with van der Waals surface area (Å²) in [4.78, 5) is 26.7. The van der Waals surface area contributed by atoms with E-state index in [0.29, 0.717) is 19.4 Å². The van der Waals surface area contributed by atoms with E-state index in [9.17, 15) is 9.59 Å². The fourth-order valence-corrected chi connectivity index (χ4v) is 3.50. The van der Waals surface area contributed by atoms with E-state index in [1.807, 2.05) is 48.5 Å². The zero-order valence-electron chi connectivity index (χ0n) is 15.6. The summed E-state index contributed by atoms with van der Waals surface area (Å²) in [5.41, 5.74) is 1.22. The minimum atomic E-state index is -0.465. The molecular weight excluding hydrogens is 340 g/mol. The van der Waals surface area contributed by atoms with Crippen molar-refractivity contribution in [3.05, 3.63) is 66.2 Å². The molecule has 3 rings (SSSR count). The number of amides is 2. The lowest BCUT2D eigenvalue weighted by Gasteiger charge is -2.23. The van der Waals surface area contributed by atoms with E-state index < -0.39 is 6.04 Å². The van der Waals surface area contributed by atoms with Gasteiger partial charge in [0.05, 0.1) is 6.54 Å². The van der Waals surface area contributed by atoms with Gasteiger partial charge in [-0.2, -0.15) is 0 Å². The zero-order valence-corrected chi connectivity index (χ0v) is 15.6. The van der Waals surface area contributed by atoms with Crippen molar-refractivity contribution in [1.82, 2.24) is 10.2 Å². The smallest absolute Gasteiger partial charge is 0.242 e. The molecule has 142 valence electrons. The maximum atomic E-state index is 12.8. The molecule has 0 aliphatic carbocycles. The van der Waals surface area contributed by atoms with Crippen LogP contribution >= 0.6 is 0 Å². The van der Waals surface area contributed by atoms with E-state index in [2.05, 4.69) is 17.4 Å². The van der Waals surface area contributed by atoms with E-state index >= 15 is 0 Å². The van der Waals surface area contributed by atoms with Gasteiger partial charge in [-0.3, -0.25) is 9.59 Å². The molecule has 2 aromatic rings. The third kappa shape index (κ3) is 5.09. The molecular formula is C22H26N2O3. The van der Waals surface area contributed by atoms with E-state index in [1.165, 1.54) is 5.56 Å². The highest BCUT2D eigenvalue weighted by molar-refractivity contribution is 5.88. The standard InChI is InChI=1S/C22H26N2O3/c1-23-22(26)20-15-19(27-18-12-6-3-7-13-18)16-24(20)21(25)14-8-11-17-9-4-2-5-10-17/h2-7,9-10,12-13,19-20H,8,11,14-16H2,1H3,(H,23,26)/t19-,20-/m0/s1. The Morgan fingerprint density at radius 3 is 2.41 bits per heavy atom. The molecule has 1 fully saturated rings. The first-order valence-corrected chi connectivity index (χ1v) is 9.44. The topological polar surface area (TPSA) is 58.6 Å². The van der Waals surface area contributed by atoms with Gasteiger partial charge in [0, 0.05) is 19.9 Å². The second kappa shape index (κ2) is 9.21. The van der Waals surface area contributed by atoms with Crippen molar-refractivity contribution in [3.8, 4) is 5.75 Å². The van der Waals surface area contributed by atoms with E-state index in [0.717, 1.165) is 18.6 Å². The van der Waals surface area contributed by atoms with Crippen molar-refractivity contribution in [2.45, 2.75) is 37.8 Å². The Kier molecular flexibility index (Phi) is 6.47. The molecule has 5 nitrogen and oxygen atoms in total. The van der Waals surface area contributed by atoms with Gasteiger partial charge in [0.1, 0.15) is 17.9 Å². The minimum Gasteiger partial charge on any atom is -0.488 e. The quantitative estimate of drug-likeness (QED) is 0.820. The summed E-state index contributed by atoms with van der Waals surface area (Å²) >= 11 is 0. The number of carbonyl (C=O) groups excluding carboxylic acids is 2. The molecule has 27 heavy (non-hydrogen) atoms. The van der Waals surface area contributed by atoms with Crippen LogP contribution in [0.3, 0.4) is 0 Å². The first-order valence-electron chi connectivity index (χ1n) is 9.44. The van der Waals surface area contributed by atoms with E-state index in [1.54, 1.807) is 11.9 Å². The average molecular weight is 366 g/mol. The number of hydrogen-bond acceptors (Lipinski definition) is 3. The molecule has 2 aromatic carbocycles. The lowest BCUT2D eigenvalue weighted by Crippen LogP contribution is -2.44. The van der Waals surface area contributed by atoms with Crippen LogP contribution in [-0.2, 0) is 16.0 Å². The number of likely N-dealkylation sites (tertiary alicyclic amines) is 1. The summed E-state index contributed by atoms with van der Waals surface area (Å²) in [5, 5.41) is 2.67. The van der Waals surface area contributed by atoms with Crippen LogP contribution < -0.4 is 10.1 Å². The number of hydrogen-bond donors (Lipinski definition) is 1. The molecule has 1 aliphatic heterocycles. The predicted molar refractivity (Wildman–Crippen MR) is 104 cm³/mol. The molecule has 0 spiro atoms. The highest BCUT2D eigenvalue weighted by Gasteiger charge is 2.40. The summed E-state index contributed by atoms with van der Waals surface area (Å²) in [6.45, 7) is 0.442. The number of para-hydroxylation sites is 1. The molecule has 0 radical (unpaired) electrons. The second-order valence-corrected chi connectivity index (χ2v) is 6.80. The van der Waals surface area contributed by atoms with Crippen LogP contribution in [0.1, 0.15) is 24.8 Å². The normalized spacial score (nSPS) is 18.9. The Morgan fingerprint density at radius 2 is 1.74 bits per heavy atom.